The highest BCUT2D eigenvalue weighted by Crippen LogP contribution is 2.25. The number of nitrogens with zero attached hydrogens (tertiary/aromatic N) is 4. The van der Waals surface area contributed by atoms with Crippen LogP contribution in [0.5, 0.6) is 0 Å². The lowest BCUT2D eigenvalue weighted by molar-refractivity contribution is -0.113. The molecule has 0 atom stereocenters. The molecule has 0 spiro atoms. The molecule has 1 aliphatic rings. The number of aryl methyl sites for hydroxylation is 1. The van der Waals surface area contributed by atoms with Gasteiger partial charge in [-0.25, -0.2) is 0 Å². The van der Waals surface area contributed by atoms with E-state index in [0.717, 1.165) is 13.0 Å². The average Bonchev–Trinajstić information content (AvgIpc) is 3.34. The van der Waals surface area contributed by atoms with Crippen molar-refractivity contribution in [3.05, 3.63) is 58.0 Å². The van der Waals surface area contributed by atoms with Crippen molar-refractivity contribution in [3.8, 4) is 0 Å². The van der Waals surface area contributed by atoms with Crippen molar-refractivity contribution in [2.24, 2.45) is 7.05 Å². The fourth-order valence-corrected chi connectivity index (χ4v) is 4.64. The number of carbonyl (C=O) groups excluding carboxylic acids is 2. The second kappa shape index (κ2) is 8.15. The number of aromatic nitrogens is 3. The first kappa shape index (κ1) is 18.7. The molecule has 1 N–H and O–H groups in total. The van der Waals surface area contributed by atoms with E-state index in [1.165, 1.54) is 22.2 Å². The van der Waals surface area contributed by atoms with Gasteiger partial charge in [-0.1, -0.05) is 17.8 Å². The van der Waals surface area contributed by atoms with Gasteiger partial charge in [0.05, 0.1) is 5.75 Å². The highest BCUT2D eigenvalue weighted by atomic mass is 32.2. The first-order chi connectivity index (χ1) is 13.6. The number of hydrogen-bond donors (Lipinski definition) is 1. The molecule has 7 nitrogen and oxygen atoms in total. The fraction of sp³-hybridized carbons (Fsp3) is 0.263. The van der Waals surface area contributed by atoms with Gasteiger partial charge in [0, 0.05) is 36.3 Å². The van der Waals surface area contributed by atoms with Crippen molar-refractivity contribution in [3.63, 3.8) is 0 Å². The summed E-state index contributed by atoms with van der Waals surface area (Å²) in [5, 5.41) is 13.3. The van der Waals surface area contributed by atoms with Crippen molar-refractivity contribution < 1.29 is 9.59 Å². The number of amides is 2. The van der Waals surface area contributed by atoms with E-state index in [2.05, 4.69) is 27.0 Å². The maximum atomic E-state index is 12.9. The Morgan fingerprint density at radius 2 is 2.21 bits per heavy atom. The lowest BCUT2D eigenvalue weighted by Gasteiger charge is -2.27. The molecule has 3 heterocycles. The Kier molecular flexibility index (Phi) is 5.45. The molecule has 0 unspecified atom stereocenters. The van der Waals surface area contributed by atoms with Gasteiger partial charge >= 0.3 is 0 Å². The van der Waals surface area contributed by atoms with Crippen LogP contribution in [0.4, 0.5) is 5.69 Å². The van der Waals surface area contributed by atoms with Crippen molar-refractivity contribution in [2.45, 2.75) is 18.1 Å². The molecule has 144 valence electrons. The molecule has 2 aromatic heterocycles. The highest BCUT2D eigenvalue weighted by Gasteiger charge is 2.22. The lowest BCUT2D eigenvalue weighted by Crippen LogP contribution is -2.35. The molecule has 2 amide bonds. The van der Waals surface area contributed by atoms with Gasteiger partial charge in [-0.15, -0.1) is 21.5 Å². The van der Waals surface area contributed by atoms with Crippen LogP contribution >= 0.6 is 23.1 Å². The van der Waals surface area contributed by atoms with Crippen LogP contribution in [0.2, 0.25) is 0 Å². The van der Waals surface area contributed by atoms with E-state index in [9.17, 15) is 9.59 Å². The second-order valence-corrected chi connectivity index (χ2v) is 8.43. The molecule has 28 heavy (non-hydrogen) atoms. The van der Waals surface area contributed by atoms with Crippen LogP contribution < -0.4 is 5.32 Å². The van der Waals surface area contributed by atoms with Crippen molar-refractivity contribution in [2.75, 3.05) is 17.6 Å². The van der Waals surface area contributed by atoms with Crippen LogP contribution in [-0.2, 0) is 24.8 Å². The number of fused-ring (bicyclic) bond motifs is 1. The first-order valence-corrected chi connectivity index (χ1v) is 10.7. The van der Waals surface area contributed by atoms with Gasteiger partial charge < -0.3 is 14.8 Å². The molecule has 3 aromatic rings. The van der Waals surface area contributed by atoms with E-state index >= 15 is 0 Å². The van der Waals surface area contributed by atoms with Crippen LogP contribution in [0.1, 0.15) is 20.8 Å². The maximum absolute atomic E-state index is 12.9. The third kappa shape index (κ3) is 4.10. The molecule has 0 bridgehead atoms. The summed E-state index contributed by atoms with van der Waals surface area (Å²) >= 11 is 3.06. The molecule has 0 radical (unpaired) electrons. The number of nitrogens with one attached hydrogen (secondary N) is 1. The number of thiophene rings is 1. The van der Waals surface area contributed by atoms with Gasteiger partial charge in [0.2, 0.25) is 5.91 Å². The van der Waals surface area contributed by atoms with E-state index in [4.69, 9.17) is 0 Å². The number of thioether (sulfide) groups is 1. The van der Waals surface area contributed by atoms with Gasteiger partial charge in [0.15, 0.2) is 5.16 Å². The summed E-state index contributed by atoms with van der Waals surface area (Å²) in [5.74, 6) is 0.0532. The topological polar surface area (TPSA) is 80.1 Å². The smallest absolute Gasteiger partial charge is 0.254 e. The Balaban J connectivity index is 1.38. The largest absolute Gasteiger partial charge is 0.334 e. The van der Waals surface area contributed by atoms with E-state index in [-0.39, 0.29) is 17.6 Å². The van der Waals surface area contributed by atoms with Gasteiger partial charge in [-0.05, 0) is 41.6 Å². The van der Waals surface area contributed by atoms with E-state index in [1.54, 1.807) is 46.5 Å². The number of anilines is 1. The van der Waals surface area contributed by atoms with Gasteiger partial charge in [-0.2, -0.15) is 0 Å². The van der Waals surface area contributed by atoms with Crippen LogP contribution in [-0.4, -0.2) is 43.8 Å². The molecule has 4 rings (SSSR count). The lowest BCUT2D eigenvalue weighted by atomic mass is 10.1. The molecular weight excluding hydrogens is 394 g/mol. The minimum atomic E-state index is -0.154. The van der Waals surface area contributed by atoms with Crippen LogP contribution in [0, 0.1) is 0 Å². The highest BCUT2D eigenvalue weighted by molar-refractivity contribution is 7.99. The van der Waals surface area contributed by atoms with E-state index < -0.39 is 0 Å². The van der Waals surface area contributed by atoms with Crippen molar-refractivity contribution >= 4 is 40.6 Å². The number of benzene rings is 1. The third-order valence-corrected chi connectivity index (χ3v) is 6.55. The fourth-order valence-electron chi connectivity index (χ4n) is 3.06. The summed E-state index contributed by atoms with van der Waals surface area (Å²) < 4.78 is 1.76. The van der Waals surface area contributed by atoms with Crippen LogP contribution in [0.15, 0.2) is 47.2 Å². The summed E-state index contributed by atoms with van der Waals surface area (Å²) in [5.41, 5.74) is 2.43. The van der Waals surface area contributed by atoms with Crippen molar-refractivity contribution in [1.82, 2.24) is 19.7 Å². The van der Waals surface area contributed by atoms with Crippen LogP contribution in [0.25, 0.3) is 0 Å². The Morgan fingerprint density at radius 3 is 3.04 bits per heavy atom. The molecule has 0 saturated carbocycles. The van der Waals surface area contributed by atoms with Gasteiger partial charge in [0.25, 0.3) is 5.91 Å². The Labute approximate surface area is 170 Å². The monoisotopic (exact) mass is 413 g/mol. The standard InChI is InChI=1S/C19H19N5O2S2/c1-23-12-20-22-19(23)28-11-17(25)21-15-4-2-3-13(9-15)18(26)24-7-5-16-14(10-24)6-8-27-16/h2-4,6,8-9,12H,5,7,10-11H2,1H3,(H,21,25). The Hall–Kier alpha value is -2.65. The molecule has 0 saturated heterocycles. The quantitative estimate of drug-likeness (QED) is 0.651. The maximum Gasteiger partial charge on any atom is 0.254 e. The zero-order valence-electron chi connectivity index (χ0n) is 15.3. The summed E-state index contributed by atoms with van der Waals surface area (Å²) in [7, 11) is 1.83. The van der Waals surface area contributed by atoms with Gasteiger partial charge in [0.1, 0.15) is 6.33 Å². The summed E-state index contributed by atoms with van der Waals surface area (Å²) in [6.45, 7) is 1.36. The number of hydrogen-bond acceptors (Lipinski definition) is 6. The molecule has 1 aliphatic heterocycles. The summed E-state index contributed by atoms with van der Waals surface area (Å²) in [4.78, 5) is 28.3. The van der Waals surface area contributed by atoms with Crippen molar-refractivity contribution in [1.29, 1.82) is 0 Å². The number of rotatable bonds is 5. The summed E-state index contributed by atoms with van der Waals surface area (Å²) in [6.07, 6.45) is 2.49. The summed E-state index contributed by atoms with van der Waals surface area (Å²) in [6, 6.07) is 9.18. The predicted molar refractivity (Wildman–Crippen MR) is 110 cm³/mol. The molecule has 0 fully saturated rings. The Morgan fingerprint density at radius 1 is 1.32 bits per heavy atom. The average molecular weight is 414 g/mol. The van der Waals surface area contributed by atoms with Gasteiger partial charge in [-0.3, -0.25) is 9.59 Å². The third-order valence-electron chi connectivity index (χ3n) is 4.49. The molecule has 1 aromatic carbocycles. The minimum absolute atomic E-state index is 0.0126. The zero-order chi connectivity index (χ0) is 19.5. The number of carbonyl (C=O) groups is 2. The van der Waals surface area contributed by atoms with E-state index in [1.807, 2.05) is 11.9 Å². The predicted octanol–water partition coefficient (Wildman–Crippen LogP) is 2.81. The molecular formula is C19H19N5O2S2. The minimum Gasteiger partial charge on any atom is -0.334 e. The second-order valence-electron chi connectivity index (χ2n) is 6.49. The zero-order valence-corrected chi connectivity index (χ0v) is 16.9. The first-order valence-electron chi connectivity index (χ1n) is 8.81. The Bertz CT molecular complexity index is 1010. The van der Waals surface area contributed by atoms with E-state index in [0.29, 0.717) is 23.0 Å². The van der Waals surface area contributed by atoms with Crippen LogP contribution in [0.3, 0.4) is 0 Å². The molecule has 9 heteroatoms. The molecule has 0 aliphatic carbocycles. The SMILES string of the molecule is Cn1cnnc1SCC(=O)Nc1cccc(C(=O)N2CCc3sccc3C2)c1. The normalized spacial score (nSPS) is 13.2.